The molecule has 0 unspecified atom stereocenters. The fourth-order valence-corrected chi connectivity index (χ4v) is 2.09. The van der Waals surface area contributed by atoms with Crippen LogP contribution in [0.25, 0.3) is 11.5 Å². The van der Waals surface area contributed by atoms with Crippen LogP contribution in [-0.4, -0.2) is 34.3 Å². The number of nitrogens with one attached hydrogen (secondary N) is 1. The number of nitrogens with zero attached hydrogens (tertiary/aromatic N) is 6. The molecule has 3 heterocycles. The number of halogens is 1. The number of hydrogen-bond donors (Lipinski definition) is 2. The second kappa shape index (κ2) is 3.63. The molecule has 3 rings (SSSR count). The summed E-state index contributed by atoms with van der Waals surface area (Å²) >= 11 is 3.22. The van der Waals surface area contributed by atoms with Gasteiger partial charge in [0.05, 0.1) is 0 Å². The lowest BCUT2D eigenvalue weighted by molar-refractivity contribution is 0.803. The zero-order valence-electron chi connectivity index (χ0n) is 9.12. The van der Waals surface area contributed by atoms with Gasteiger partial charge in [-0.2, -0.15) is 14.8 Å². The Morgan fingerprint density at radius 2 is 2.22 bits per heavy atom. The summed E-state index contributed by atoms with van der Waals surface area (Å²) in [6.45, 7) is 1.70. The molecule has 18 heavy (non-hydrogen) atoms. The van der Waals surface area contributed by atoms with Crippen LogP contribution >= 0.6 is 15.9 Å². The summed E-state index contributed by atoms with van der Waals surface area (Å²) in [6.07, 6.45) is 0. The van der Waals surface area contributed by atoms with Crippen LogP contribution in [0.4, 0.5) is 5.95 Å². The molecule has 92 valence electrons. The van der Waals surface area contributed by atoms with E-state index in [2.05, 4.69) is 41.2 Å². The Morgan fingerprint density at radius 3 is 2.89 bits per heavy atom. The van der Waals surface area contributed by atoms with E-state index < -0.39 is 0 Å². The molecule has 0 aliphatic carbocycles. The first-order chi connectivity index (χ1) is 8.56. The van der Waals surface area contributed by atoms with Crippen LogP contribution in [0.3, 0.4) is 0 Å². The molecular weight excluding hydrogens is 304 g/mol. The van der Waals surface area contributed by atoms with Crippen LogP contribution in [0.2, 0.25) is 0 Å². The topological polar surface area (TPSA) is 120 Å². The maximum Gasteiger partial charge on any atom is 0.349 e. The fourth-order valence-electron chi connectivity index (χ4n) is 1.64. The molecule has 0 spiro atoms. The predicted octanol–water partition coefficient (Wildman–Crippen LogP) is -0.349. The van der Waals surface area contributed by atoms with Crippen LogP contribution in [0.5, 0.6) is 0 Å². The third-order valence-corrected chi connectivity index (χ3v) is 2.87. The van der Waals surface area contributed by atoms with Gasteiger partial charge in [0.1, 0.15) is 5.82 Å². The van der Waals surface area contributed by atoms with Gasteiger partial charge in [-0.1, -0.05) is 0 Å². The monoisotopic (exact) mass is 310 g/mol. The van der Waals surface area contributed by atoms with Crippen molar-refractivity contribution in [2.24, 2.45) is 0 Å². The number of H-pyrrole nitrogens is 1. The maximum atomic E-state index is 11.5. The van der Waals surface area contributed by atoms with E-state index in [4.69, 9.17) is 5.73 Å². The Kier molecular flexibility index (Phi) is 2.20. The Bertz CT molecular complexity index is 799. The van der Waals surface area contributed by atoms with Gasteiger partial charge < -0.3 is 5.73 Å². The first-order valence-electron chi connectivity index (χ1n) is 4.89. The van der Waals surface area contributed by atoms with Crippen molar-refractivity contribution in [2.45, 2.75) is 6.92 Å². The van der Waals surface area contributed by atoms with Crippen LogP contribution in [-0.2, 0) is 0 Å². The molecule has 10 heteroatoms. The molecule has 0 aliphatic heterocycles. The average molecular weight is 311 g/mol. The number of nitrogen functional groups attached to an aromatic ring is 1. The van der Waals surface area contributed by atoms with Crippen LogP contribution in [0.15, 0.2) is 15.6 Å². The molecule has 3 aromatic heterocycles. The number of aryl methyl sites for hydroxylation is 1. The zero-order chi connectivity index (χ0) is 12.9. The molecule has 0 aromatic carbocycles. The second-order valence-corrected chi connectivity index (χ2v) is 4.24. The quantitative estimate of drug-likeness (QED) is 0.634. The summed E-state index contributed by atoms with van der Waals surface area (Å²) in [6, 6.07) is 1.60. The van der Waals surface area contributed by atoms with E-state index >= 15 is 0 Å². The van der Waals surface area contributed by atoms with Crippen molar-refractivity contribution in [3.63, 3.8) is 0 Å². The van der Waals surface area contributed by atoms with E-state index in [0.717, 1.165) is 0 Å². The highest BCUT2D eigenvalue weighted by Crippen LogP contribution is 2.15. The Labute approximate surface area is 108 Å². The van der Waals surface area contributed by atoms with Gasteiger partial charge in [-0.25, -0.2) is 19.3 Å². The van der Waals surface area contributed by atoms with Crippen molar-refractivity contribution >= 4 is 27.5 Å². The van der Waals surface area contributed by atoms with Gasteiger partial charge in [0.2, 0.25) is 10.7 Å². The minimum Gasteiger partial charge on any atom is -0.366 e. The Balaban J connectivity index is 2.31. The van der Waals surface area contributed by atoms with Gasteiger partial charge in [-0.15, -0.1) is 5.10 Å². The number of rotatable bonds is 1. The summed E-state index contributed by atoms with van der Waals surface area (Å²) in [7, 11) is 0. The van der Waals surface area contributed by atoms with E-state index in [-0.39, 0.29) is 11.6 Å². The molecule has 3 aromatic rings. The Hall–Kier alpha value is -2.23. The standard InChI is InChI=1S/C8H7BrN8O/c1-3-11-4(17-6(9)12-7(10)15-17)2-5-13-14-8(18)16(3)5/h2H,1H3,(H2,10,15)(H,14,18). The van der Waals surface area contributed by atoms with E-state index in [9.17, 15) is 4.79 Å². The van der Waals surface area contributed by atoms with Gasteiger partial charge in [0.25, 0.3) is 0 Å². The minimum absolute atomic E-state index is 0.126. The summed E-state index contributed by atoms with van der Waals surface area (Å²) in [4.78, 5) is 19.6. The first-order valence-corrected chi connectivity index (χ1v) is 5.69. The molecular formula is C8H7BrN8O. The molecule has 0 saturated heterocycles. The maximum absolute atomic E-state index is 11.5. The van der Waals surface area contributed by atoms with Gasteiger partial charge in [0, 0.05) is 6.07 Å². The van der Waals surface area contributed by atoms with E-state index in [1.807, 2.05) is 0 Å². The summed E-state index contributed by atoms with van der Waals surface area (Å²) in [5.41, 5.74) is 5.61. The van der Waals surface area contributed by atoms with Crippen molar-refractivity contribution in [3.05, 3.63) is 27.1 Å². The van der Waals surface area contributed by atoms with Gasteiger partial charge >= 0.3 is 5.69 Å². The highest BCUT2D eigenvalue weighted by atomic mass is 79.9. The van der Waals surface area contributed by atoms with Gasteiger partial charge in [0.15, 0.2) is 11.5 Å². The molecule has 0 fully saturated rings. The largest absolute Gasteiger partial charge is 0.366 e. The van der Waals surface area contributed by atoms with Crippen molar-refractivity contribution in [3.8, 4) is 5.82 Å². The van der Waals surface area contributed by atoms with Crippen LogP contribution in [0.1, 0.15) is 5.82 Å². The molecule has 0 aliphatic rings. The SMILES string of the molecule is Cc1nc(-n2nc(N)nc2Br)cc2n[nH]c(=O)n12. The second-order valence-electron chi connectivity index (χ2n) is 3.53. The summed E-state index contributed by atoms with van der Waals surface area (Å²) in [5, 5.41) is 10.2. The molecule has 0 bridgehead atoms. The van der Waals surface area contributed by atoms with Crippen molar-refractivity contribution in [1.29, 1.82) is 0 Å². The average Bonchev–Trinajstić information content (AvgIpc) is 2.82. The lowest BCUT2D eigenvalue weighted by atomic mass is 10.5. The van der Waals surface area contributed by atoms with Crippen LogP contribution in [0, 0.1) is 6.92 Å². The number of hydrogen-bond acceptors (Lipinski definition) is 6. The van der Waals surface area contributed by atoms with E-state index in [1.54, 1.807) is 13.0 Å². The van der Waals surface area contributed by atoms with E-state index in [0.29, 0.717) is 22.0 Å². The highest BCUT2D eigenvalue weighted by Gasteiger charge is 2.12. The Morgan fingerprint density at radius 1 is 1.44 bits per heavy atom. The van der Waals surface area contributed by atoms with Gasteiger partial charge in [-0.3, -0.25) is 0 Å². The molecule has 0 radical (unpaired) electrons. The van der Waals surface area contributed by atoms with Crippen molar-refractivity contribution < 1.29 is 0 Å². The number of aromatic amines is 1. The number of anilines is 1. The van der Waals surface area contributed by atoms with Gasteiger partial charge in [-0.05, 0) is 22.9 Å². The number of nitrogens with two attached hydrogens (primary N) is 1. The highest BCUT2D eigenvalue weighted by molar-refractivity contribution is 9.10. The molecule has 0 amide bonds. The normalized spacial score (nSPS) is 11.2. The summed E-state index contributed by atoms with van der Waals surface area (Å²) < 4.78 is 3.20. The number of aromatic nitrogens is 7. The molecule has 0 saturated carbocycles. The van der Waals surface area contributed by atoms with E-state index in [1.165, 1.54) is 9.08 Å². The lowest BCUT2D eigenvalue weighted by Gasteiger charge is -2.03. The smallest absolute Gasteiger partial charge is 0.349 e. The summed E-state index contributed by atoms with van der Waals surface area (Å²) in [5.74, 6) is 1.08. The third kappa shape index (κ3) is 1.49. The molecule has 0 atom stereocenters. The third-order valence-electron chi connectivity index (χ3n) is 2.36. The fraction of sp³-hybridized carbons (Fsp3) is 0.125. The lowest BCUT2D eigenvalue weighted by Crippen LogP contribution is -2.14. The minimum atomic E-state index is -0.335. The number of fused-ring (bicyclic) bond motifs is 1. The molecule has 3 N–H and O–H groups in total. The first kappa shape index (κ1) is 10.9. The van der Waals surface area contributed by atoms with Crippen molar-refractivity contribution in [1.82, 2.24) is 34.3 Å². The van der Waals surface area contributed by atoms with Crippen LogP contribution < -0.4 is 11.4 Å². The zero-order valence-corrected chi connectivity index (χ0v) is 10.7. The van der Waals surface area contributed by atoms with Crippen molar-refractivity contribution in [2.75, 3.05) is 5.73 Å². The molecule has 9 nitrogen and oxygen atoms in total. The predicted molar refractivity (Wildman–Crippen MR) is 65.4 cm³/mol.